The topological polar surface area (TPSA) is 0 Å². The number of thiocarbonyl (C=S) groups is 1. The summed E-state index contributed by atoms with van der Waals surface area (Å²) in [6.07, 6.45) is 5.01. The van der Waals surface area contributed by atoms with Gasteiger partial charge in [0.15, 0.2) is 0 Å². The summed E-state index contributed by atoms with van der Waals surface area (Å²) < 4.78 is 0. The van der Waals surface area contributed by atoms with Crippen molar-refractivity contribution in [3.63, 3.8) is 0 Å². The van der Waals surface area contributed by atoms with Crippen molar-refractivity contribution >= 4 is 17.6 Å². The Morgan fingerprint density at radius 1 is 1.17 bits per heavy atom. The first-order chi connectivity index (χ1) is 8.67. The molecule has 0 aliphatic heterocycles. The molecule has 0 aliphatic rings. The van der Waals surface area contributed by atoms with Crippen molar-refractivity contribution in [2.24, 2.45) is 0 Å². The van der Waals surface area contributed by atoms with E-state index in [0.29, 0.717) is 0 Å². The minimum atomic E-state index is 0.986. The predicted octanol–water partition coefficient (Wildman–Crippen LogP) is 5.70. The van der Waals surface area contributed by atoms with Crippen LogP contribution in [0.15, 0.2) is 48.6 Å². The number of hydrogen-bond acceptors (Lipinski definition) is 1. The van der Waals surface area contributed by atoms with E-state index in [-0.39, 0.29) is 0 Å². The van der Waals surface area contributed by atoms with Crippen molar-refractivity contribution in [3.05, 3.63) is 59.7 Å². The first-order valence-electron chi connectivity index (χ1n) is 6.40. The van der Waals surface area contributed by atoms with Gasteiger partial charge >= 0.3 is 0 Å². The van der Waals surface area contributed by atoms with Gasteiger partial charge in [0.05, 0.1) is 0 Å². The summed E-state index contributed by atoms with van der Waals surface area (Å²) in [6, 6.07) is 8.63. The lowest BCUT2D eigenvalue weighted by atomic mass is 10.0. The first kappa shape index (κ1) is 19.1. The first-order valence-corrected chi connectivity index (χ1v) is 6.88. The standard InChI is InChI=1S/C13H16.C2H4S.C2H6/c1-4-12(5-2)10-13-8-6-11(3)7-9-13;1-2-3;1-2/h4-9H,1,10H2,2-3H3;2H,1H3;1-2H3/b12-5+;;. The molecule has 0 aliphatic carbocycles. The Hall–Kier alpha value is -1.21. The molecule has 1 aromatic rings. The molecule has 0 saturated carbocycles. The second-order valence-corrected chi connectivity index (χ2v) is 3.94. The average molecular weight is 262 g/mol. The van der Waals surface area contributed by atoms with Gasteiger partial charge < -0.3 is 0 Å². The van der Waals surface area contributed by atoms with Crippen molar-refractivity contribution in [3.8, 4) is 0 Å². The molecule has 18 heavy (non-hydrogen) atoms. The highest BCUT2D eigenvalue weighted by Gasteiger charge is 1.94. The van der Waals surface area contributed by atoms with E-state index in [2.05, 4.69) is 56.1 Å². The van der Waals surface area contributed by atoms with Crippen LogP contribution < -0.4 is 0 Å². The van der Waals surface area contributed by atoms with Gasteiger partial charge in [0.2, 0.25) is 0 Å². The zero-order chi connectivity index (χ0) is 14.4. The molecule has 0 heterocycles. The van der Waals surface area contributed by atoms with Gasteiger partial charge in [-0.25, -0.2) is 0 Å². The summed E-state index contributed by atoms with van der Waals surface area (Å²) in [6.45, 7) is 13.7. The van der Waals surface area contributed by atoms with E-state index in [1.165, 1.54) is 16.7 Å². The maximum Gasteiger partial charge on any atom is -0.00293 e. The normalized spacial score (nSPS) is 9.28. The van der Waals surface area contributed by atoms with Gasteiger partial charge in [-0.15, -0.1) is 0 Å². The molecule has 0 fully saturated rings. The van der Waals surface area contributed by atoms with Crippen LogP contribution in [0.25, 0.3) is 0 Å². The molecule has 0 unspecified atom stereocenters. The molecule has 0 radical (unpaired) electrons. The number of allylic oxidation sites excluding steroid dienone is 3. The summed E-state index contributed by atoms with van der Waals surface area (Å²) in [4.78, 5) is 0. The molecular weight excluding hydrogens is 236 g/mol. The van der Waals surface area contributed by atoms with E-state index in [9.17, 15) is 0 Å². The fraction of sp³-hybridized carbons (Fsp3) is 0.353. The molecule has 1 aromatic carbocycles. The molecule has 0 saturated heterocycles. The Kier molecular flexibility index (Phi) is 14.7. The van der Waals surface area contributed by atoms with E-state index in [4.69, 9.17) is 0 Å². The largest absolute Gasteiger partial charge is 0.0988 e. The molecule has 0 spiro atoms. The Labute approximate surface area is 118 Å². The highest BCUT2D eigenvalue weighted by Crippen LogP contribution is 2.09. The SMILES string of the molecule is C=C/C(=C\C)Cc1ccc(C)cc1.CC.CC=S. The molecule has 0 nitrogen and oxygen atoms in total. The zero-order valence-corrected chi connectivity index (χ0v) is 13.2. The van der Waals surface area contributed by atoms with Crippen molar-refractivity contribution in [1.29, 1.82) is 0 Å². The van der Waals surface area contributed by atoms with Gasteiger partial charge in [-0.05, 0) is 43.7 Å². The Morgan fingerprint density at radius 3 is 1.94 bits per heavy atom. The summed E-state index contributed by atoms with van der Waals surface area (Å²) in [7, 11) is 0. The number of aryl methyl sites for hydroxylation is 1. The van der Waals surface area contributed by atoms with Crippen LogP contribution in [0.3, 0.4) is 0 Å². The summed E-state index contributed by atoms with van der Waals surface area (Å²) in [5.41, 5.74) is 3.94. The smallest absolute Gasteiger partial charge is 0.00293 e. The molecule has 0 amide bonds. The highest BCUT2D eigenvalue weighted by molar-refractivity contribution is 7.78. The lowest BCUT2D eigenvalue weighted by Crippen LogP contribution is -1.87. The maximum atomic E-state index is 4.27. The number of benzene rings is 1. The summed E-state index contributed by atoms with van der Waals surface area (Å²) in [5, 5.41) is 1.58. The van der Waals surface area contributed by atoms with Gasteiger partial charge in [0.25, 0.3) is 0 Å². The molecule has 1 rings (SSSR count). The van der Waals surface area contributed by atoms with Crippen molar-refractivity contribution in [1.82, 2.24) is 0 Å². The van der Waals surface area contributed by atoms with Crippen LogP contribution in [0.4, 0.5) is 0 Å². The number of hydrogen-bond donors (Lipinski definition) is 0. The van der Waals surface area contributed by atoms with Crippen LogP contribution in [0.1, 0.15) is 38.8 Å². The minimum Gasteiger partial charge on any atom is -0.0988 e. The highest BCUT2D eigenvalue weighted by atomic mass is 32.1. The van der Waals surface area contributed by atoms with E-state index in [0.717, 1.165) is 6.42 Å². The number of rotatable bonds is 3. The predicted molar refractivity (Wildman–Crippen MR) is 89.5 cm³/mol. The second-order valence-electron chi connectivity index (χ2n) is 3.47. The Morgan fingerprint density at radius 2 is 1.61 bits per heavy atom. The van der Waals surface area contributed by atoms with Gasteiger partial charge in [-0.1, -0.05) is 74.6 Å². The van der Waals surface area contributed by atoms with E-state index >= 15 is 0 Å². The van der Waals surface area contributed by atoms with E-state index in [1.54, 1.807) is 5.37 Å². The lowest BCUT2D eigenvalue weighted by Gasteiger charge is -2.02. The van der Waals surface area contributed by atoms with Crippen LogP contribution in [-0.4, -0.2) is 5.37 Å². The average Bonchev–Trinajstić information content (AvgIpc) is 2.41. The van der Waals surface area contributed by atoms with E-state index < -0.39 is 0 Å². The summed E-state index contributed by atoms with van der Waals surface area (Å²) >= 11 is 4.27. The molecule has 0 N–H and O–H groups in total. The van der Waals surface area contributed by atoms with Gasteiger partial charge in [-0.2, -0.15) is 0 Å². The van der Waals surface area contributed by atoms with Crippen LogP contribution >= 0.6 is 12.2 Å². The fourth-order valence-corrected chi connectivity index (χ4v) is 1.23. The molecule has 1 heteroatoms. The third kappa shape index (κ3) is 9.98. The molecule has 100 valence electrons. The zero-order valence-electron chi connectivity index (χ0n) is 12.4. The Balaban J connectivity index is 0. The quantitative estimate of drug-likeness (QED) is 0.497. The van der Waals surface area contributed by atoms with Crippen LogP contribution in [0.2, 0.25) is 0 Å². The van der Waals surface area contributed by atoms with Crippen LogP contribution in [-0.2, 0) is 6.42 Å². The second kappa shape index (κ2) is 13.9. The van der Waals surface area contributed by atoms with Gasteiger partial charge in [0.1, 0.15) is 0 Å². The fourth-order valence-electron chi connectivity index (χ4n) is 1.23. The van der Waals surface area contributed by atoms with Crippen molar-refractivity contribution in [2.75, 3.05) is 0 Å². The lowest BCUT2D eigenvalue weighted by molar-refractivity contribution is 1.18. The third-order valence-corrected chi connectivity index (χ3v) is 2.16. The van der Waals surface area contributed by atoms with Crippen LogP contribution in [0.5, 0.6) is 0 Å². The molecular formula is C17H26S. The van der Waals surface area contributed by atoms with Crippen molar-refractivity contribution in [2.45, 2.75) is 41.0 Å². The molecule has 0 bridgehead atoms. The van der Waals surface area contributed by atoms with Crippen molar-refractivity contribution < 1.29 is 0 Å². The Bertz CT molecular complexity index is 344. The molecule has 0 aromatic heterocycles. The summed E-state index contributed by atoms with van der Waals surface area (Å²) in [5.74, 6) is 0. The monoisotopic (exact) mass is 262 g/mol. The van der Waals surface area contributed by atoms with Crippen LogP contribution in [0, 0.1) is 6.92 Å². The molecule has 0 atom stereocenters. The van der Waals surface area contributed by atoms with Gasteiger partial charge in [-0.3, -0.25) is 0 Å². The third-order valence-electron chi connectivity index (χ3n) is 2.16. The van der Waals surface area contributed by atoms with Gasteiger partial charge in [0, 0.05) is 0 Å². The minimum absolute atomic E-state index is 0.986. The maximum absolute atomic E-state index is 4.27. The van der Waals surface area contributed by atoms with E-state index in [1.807, 2.05) is 33.8 Å².